The van der Waals surface area contributed by atoms with Crippen molar-refractivity contribution >= 4 is 19.1 Å². The number of benzene rings is 1. The summed E-state index contributed by atoms with van der Waals surface area (Å²) in [5, 5.41) is 19.1. The molecule has 1 aliphatic carbocycles. The minimum Gasteiger partial charge on any atom is -0.534 e. The molecule has 158 valence electrons. The van der Waals surface area contributed by atoms with Gasteiger partial charge in [0.05, 0.1) is 5.94 Å². The first-order valence-corrected chi connectivity index (χ1v) is 10.7. The van der Waals surface area contributed by atoms with E-state index in [1.165, 1.54) is 0 Å². The number of amides is 3. The van der Waals surface area contributed by atoms with Crippen molar-refractivity contribution in [3.8, 4) is 5.75 Å². The number of para-hydroxylation sites is 1. The van der Waals surface area contributed by atoms with Gasteiger partial charge in [-0.2, -0.15) is 0 Å². The molecule has 1 aliphatic heterocycles. The van der Waals surface area contributed by atoms with Crippen LogP contribution in [0.3, 0.4) is 0 Å². The molecule has 4 N–H and O–H groups in total. The predicted octanol–water partition coefficient (Wildman–Crippen LogP) is 2.09. The number of rotatable bonds is 6. The number of hydrogen-bond acceptors (Lipinski definition) is 4. The lowest BCUT2D eigenvalue weighted by Crippen LogP contribution is -2.53. The first-order chi connectivity index (χ1) is 14.0. The summed E-state index contributed by atoms with van der Waals surface area (Å²) in [5.74, 6) is 0.546. The van der Waals surface area contributed by atoms with Gasteiger partial charge in [0.1, 0.15) is 5.75 Å². The second kappa shape index (κ2) is 10.0. The highest BCUT2D eigenvalue weighted by Crippen LogP contribution is 2.30. The monoisotopic (exact) mass is 401 g/mol. The van der Waals surface area contributed by atoms with Crippen LogP contribution in [0.2, 0.25) is 0 Å². The van der Waals surface area contributed by atoms with Crippen LogP contribution < -0.4 is 20.6 Å². The highest BCUT2D eigenvalue weighted by molar-refractivity contribution is 6.46. The lowest BCUT2D eigenvalue weighted by Gasteiger charge is -2.31. The first kappa shape index (κ1) is 21.5. The Morgan fingerprint density at radius 2 is 1.97 bits per heavy atom. The zero-order valence-electron chi connectivity index (χ0n) is 17.4. The Bertz CT molecular complexity index is 722. The molecule has 7 nitrogen and oxygen atoms in total. The van der Waals surface area contributed by atoms with Crippen LogP contribution in [0.4, 0.5) is 4.79 Å². The number of aryl methyl sites for hydroxylation is 1. The quantitative estimate of drug-likeness (QED) is 0.549. The molecule has 0 unspecified atom stereocenters. The van der Waals surface area contributed by atoms with E-state index in [9.17, 15) is 14.6 Å². The number of hydrogen-bond donors (Lipinski definition) is 4. The first-order valence-electron chi connectivity index (χ1n) is 10.7. The molecule has 1 aromatic carbocycles. The highest BCUT2D eigenvalue weighted by Gasteiger charge is 2.36. The molecule has 1 heterocycles. The molecule has 29 heavy (non-hydrogen) atoms. The number of carbonyl (C=O) groups excluding carboxylic acids is 2. The molecule has 0 aromatic heterocycles. The van der Waals surface area contributed by atoms with Crippen LogP contribution in [-0.4, -0.2) is 42.6 Å². The molecular weight excluding hydrogens is 369 g/mol. The molecule has 1 fully saturated rings. The van der Waals surface area contributed by atoms with Gasteiger partial charge in [0.2, 0.25) is 5.91 Å². The summed E-state index contributed by atoms with van der Waals surface area (Å²) >= 11 is 0. The van der Waals surface area contributed by atoms with E-state index in [2.05, 4.69) is 16.0 Å². The lowest BCUT2D eigenvalue weighted by atomic mass is 9.72. The van der Waals surface area contributed by atoms with Crippen LogP contribution in [0.5, 0.6) is 5.75 Å². The summed E-state index contributed by atoms with van der Waals surface area (Å²) in [6.45, 7) is 4.65. The van der Waals surface area contributed by atoms with Crippen molar-refractivity contribution in [2.75, 3.05) is 6.54 Å². The molecule has 1 atom stereocenters. The second-order valence-electron chi connectivity index (χ2n) is 8.27. The summed E-state index contributed by atoms with van der Waals surface area (Å²) in [4.78, 5) is 24.3. The maximum absolute atomic E-state index is 12.5. The van der Waals surface area contributed by atoms with Crippen molar-refractivity contribution in [3.05, 3.63) is 29.3 Å². The zero-order valence-corrected chi connectivity index (χ0v) is 17.4. The summed E-state index contributed by atoms with van der Waals surface area (Å²) in [6.07, 6.45) is 5.53. The third-order valence-corrected chi connectivity index (χ3v) is 5.85. The Hall–Kier alpha value is -2.22. The Morgan fingerprint density at radius 1 is 1.21 bits per heavy atom. The van der Waals surface area contributed by atoms with Crippen molar-refractivity contribution in [2.45, 2.75) is 70.8 Å². The van der Waals surface area contributed by atoms with E-state index in [1.807, 2.05) is 32.0 Å². The molecule has 3 amide bonds. The molecule has 0 bridgehead atoms. The minimum absolute atomic E-state index is 0.0501. The Balaban J connectivity index is 1.42. The van der Waals surface area contributed by atoms with Crippen LogP contribution in [0.15, 0.2) is 18.2 Å². The Labute approximate surface area is 173 Å². The van der Waals surface area contributed by atoms with E-state index in [4.69, 9.17) is 4.65 Å². The molecule has 8 heteroatoms. The van der Waals surface area contributed by atoms with Gasteiger partial charge in [-0.3, -0.25) is 4.79 Å². The van der Waals surface area contributed by atoms with Gasteiger partial charge < -0.3 is 25.6 Å². The smallest absolute Gasteiger partial charge is 0.534 e. The van der Waals surface area contributed by atoms with Crippen LogP contribution in [-0.2, 0) is 11.2 Å². The van der Waals surface area contributed by atoms with Crippen molar-refractivity contribution in [1.82, 2.24) is 16.0 Å². The normalized spacial score (nSPS) is 23.6. The van der Waals surface area contributed by atoms with Gasteiger partial charge in [0.25, 0.3) is 0 Å². The zero-order chi connectivity index (χ0) is 20.8. The molecule has 0 radical (unpaired) electrons. The number of nitrogens with one attached hydrogen (secondary N) is 3. The van der Waals surface area contributed by atoms with Gasteiger partial charge in [-0.05, 0) is 62.5 Å². The standard InChI is InChI=1S/C21H32BN3O4/c1-3-11-23-21(27)24-17-9-7-15(8-10-17)12-19(26)25-18-13-16-6-4-5-14(2)20(16)29-22(18)28/h4-6,15,17-18,28H,3,7-13H2,1-2H3,(H,25,26)(H2,23,24,27)/t15-,17-,18-/m0/s1. The molecular formula is C21H32BN3O4. The van der Waals surface area contributed by atoms with E-state index >= 15 is 0 Å². The van der Waals surface area contributed by atoms with E-state index in [1.54, 1.807) is 0 Å². The van der Waals surface area contributed by atoms with Gasteiger partial charge in [0, 0.05) is 19.0 Å². The van der Waals surface area contributed by atoms with Crippen LogP contribution in [0.1, 0.15) is 56.6 Å². The number of carbonyl (C=O) groups is 2. The topological polar surface area (TPSA) is 99.7 Å². The van der Waals surface area contributed by atoms with Gasteiger partial charge in [0.15, 0.2) is 0 Å². The second-order valence-corrected chi connectivity index (χ2v) is 8.27. The van der Waals surface area contributed by atoms with Crippen molar-refractivity contribution in [2.24, 2.45) is 5.92 Å². The summed E-state index contributed by atoms with van der Waals surface area (Å²) in [7, 11) is -1.03. The average molecular weight is 401 g/mol. The maximum Gasteiger partial charge on any atom is 0.547 e. The van der Waals surface area contributed by atoms with Gasteiger partial charge in [-0.15, -0.1) is 0 Å². The molecule has 1 saturated carbocycles. The third-order valence-electron chi connectivity index (χ3n) is 5.85. The molecule has 0 spiro atoms. The number of urea groups is 1. The van der Waals surface area contributed by atoms with Crippen LogP contribution in [0.25, 0.3) is 0 Å². The fraction of sp³-hybridized carbons (Fsp3) is 0.619. The number of fused-ring (bicyclic) bond motifs is 1. The highest BCUT2D eigenvalue weighted by atomic mass is 16.5. The Morgan fingerprint density at radius 3 is 2.69 bits per heavy atom. The van der Waals surface area contributed by atoms with E-state index in [0.29, 0.717) is 25.3 Å². The summed E-state index contributed by atoms with van der Waals surface area (Å²) in [6, 6.07) is 5.96. The van der Waals surface area contributed by atoms with Crippen molar-refractivity contribution in [1.29, 1.82) is 0 Å². The van der Waals surface area contributed by atoms with Crippen molar-refractivity contribution < 1.29 is 19.3 Å². The van der Waals surface area contributed by atoms with Crippen molar-refractivity contribution in [3.63, 3.8) is 0 Å². The molecule has 3 rings (SSSR count). The average Bonchev–Trinajstić information content (AvgIpc) is 2.69. The van der Waals surface area contributed by atoms with E-state index in [-0.39, 0.29) is 18.0 Å². The molecule has 1 aromatic rings. The van der Waals surface area contributed by atoms with Gasteiger partial charge in [-0.1, -0.05) is 25.1 Å². The fourth-order valence-electron chi connectivity index (χ4n) is 4.22. The largest absolute Gasteiger partial charge is 0.547 e. The predicted molar refractivity (Wildman–Crippen MR) is 113 cm³/mol. The molecule has 2 aliphatic rings. The van der Waals surface area contributed by atoms with Crippen LogP contribution in [0, 0.1) is 12.8 Å². The summed E-state index contributed by atoms with van der Waals surface area (Å²) in [5.41, 5.74) is 1.99. The van der Waals surface area contributed by atoms with E-state index in [0.717, 1.165) is 49.0 Å². The lowest BCUT2D eigenvalue weighted by molar-refractivity contribution is -0.122. The van der Waals surface area contributed by atoms with E-state index < -0.39 is 13.1 Å². The van der Waals surface area contributed by atoms with Gasteiger partial charge in [-0.25, -0.2) is 4.79 Å². The Kier molecular flexibility index (Phi) is 7.42. The molecule has 0 saturated heterocycles. The van der Waals surface area contributed by atoms with Crippen LogP contribution >= 0.6 is 0 Å². The summed E-state index contributed by atoms with van der Waals surface area (Å²) < 4.78 is 5.64. The third kappa shape index (κ3) is 5.89. The minimum atomic E-state index is -1.03. The maximum atomic E-state index is 12.5. The van der Waals surface area contributed by atoms with Gasteiger partial charge >= 0.3 is 13.1 Å². The fourth-order valence-corrected chi connectivity index (χ4v) is 4.22. The SMILES string of the molecule is CCCNC(=O)N[C@H]1CC[C@H](CC(=O)N[C@H]2Cc3cccc(C)c3OB2O)CC1.